The maximum Gasteiger partial charge on any atom is 0.404 e. The molecule has 6 heteroatoms. The Balaban J connectivity index is 2.58. The molecule has 26 heavy (non-hydrogen) atoms. The van der Waals surface area contributed by atoms with Gasteiger partial charge in [0, 0.05) is 13.1 Å². The van der Waals surface area contributed by atoms with E-state index in [-0.39, 0.29) is 18.1 Å². The van der Waals surface area contributed by atoms with Gasteiger partial charge in [0.25, 0.3) is 8.32 Å². The first-order valence-electron chi connectivity index (χ1n) is 8.77. The first-order chi connectivity index (χ1) is 12.3. The van der Waals surface area contributed by atoms with Crippen molar-refractivity contribution in [1.29, 1.82) is 0 Å². The summed E-state index contributed by atoms with van der Waals surface area (Å²) >= 11 is 0. The summed E-state index contributed by atoms with van der Waals surface area (Å²) in [6, 6.07) is 20.4. The Labute approximate surface area is 156 Å². The summed E-state index contributed by atoms with van der Waals surface area (Å²) in [5.74, 6) is 0. The molecule has 4 N–H and O–H groups in total. The largest absolute Gasteiger partial charge is 0.465 e. The van der Waals surface area contributed by atoms with E-state index in [0.717, 1.165) is 10.4 Å². The summed E-state index contributed by atoms with van der Waals surface area (Å²) in [6.45, 7) is 6.94. The van der Waals surface area contributed by atoms with E-state index in [1.54, 1.807) is 0 Å². The fraction of sp³-hybridized carbons (Fsp3) is 0.350. The third-order valence-corrected chi connectivity index (χ3v) is 9.60. The molecule has 2 aromatic rings. The lowest BCUT2D eigenvalue weighted by Crippen LogP contribution is -2.68. The van der Waals surface area contributed by atoms with Crippen molar-refractivity contribution in [2.75, 3.05) is 13.1 Å². The summed E-state index contributed by atoms with van der Waals surface area (Å²) in [5.41, 5.74) is 5.93. The zero-order chi connectivity index (χ0) is 19.2. The van der Waals surface area contributed by atoms with Crippen LogP contribution >= 0.6 is 0 Å². The SMILES string of the molecule is CC(C)(C)[Si](O[C@@H](CN)CNC(=O)O)(c1ccccc1)c1ccccc1. The minimum absolute atomic E-state index is 0.163. The Morgan fingerprint density at radius 3 is 1.88 bits per heavy atom. The number of rotatable bonds is 7. The first kappa shape index (κ1) is 20.2. The number of hydrogen-bond acceptors (Lipinski definition) is 3. The molecule has 0 aliphatic rings. The Kier molecular flexibility index (Phi) is 6.58. The molecule has 0 saturated carbocycles. The molecule has 0 aliphatic heterocycles. The number of carboxylic acid groups (broad SMARTS) is 1. The Morgan fingerprint density at radius 2 is 1.54 bits per heavy atom. The molecule has 140 valence electrons. The molecule has 5 nitrogen and oxygen atoms in total. The fourth-order valence-electron chi connectivity index (χ4n) is 3.32. The van der Waals surface area contributed by atoms with Crippen LogP contribution in [-0.4, -0.2) is 38.7 Å². The Bertz CT molecular complexity index is 663. The van der Waals surface area contributed by atoms with Crippen molar-refractivity contribution < 1.29 is 14.3 Å². The van der Waals surface area contributed by atoms with Crippen LogP contribution in [0.2, 0.25) is 5.04 Å². The second-order valence-corrected chi connectivity index (χ2v) is 11.6. The number of hydrogen-bond donors (Lipinski definition) is 3. The number of carbonyl (C=O) groups is 1. The van der Waals surface area contributed by atoms with E-state index < -0.39 is 20.5 Å². The standard InChI is InChI=1S/C20H28N2O3Si/c1-20(2,3)26(17-10-6-4-7-11-17,18-12-8-5-9-13-18)25-16(14-21)15-22-19(23)24/h4-13,16,22H,14-15,21H2,1-3H3,(H,23,24)/t16-/m0/s1. The van der Waals surface area contributed by atoms with Crippen LogP contribution in [0, 0.1) is 0 Å². The zero-order valence-corrected chi connectivity index (χ0v) is 16.6. The van der Waals surface area contributed by atoms with Crippen molar-refractivity contribution in [3.63, 3.8) is 0 Å². The summed E-state index contributed by atoms with van der Waals surface area (Å²) < 4.78 is 6.76. The molecule has 0 aromatic heterocycles. The number of nitrogens with two attached hydrogens (primary N) is 1. The maximum absolute atomic E-state index is 10.9. The van der Waals surface area contributed by atoms with Gasteiger partial charge in [0.15, 0.2) is 0 Å². The number of benzene rings is 2. The highest BCUT2D eigenvalue weighted by Crippen LogP contribution is 2.37. The Hall–Kier alpha value is -2.15. The van der Waals surface area contributed by atoms with Gasteiger partial charge in [-0.1, -0.05) is 81.4 Å². The normalized spacial score (nSPS) is 13.2. The molecule has 0 unspecified atom stereocenters. The third kappa shape index (κ3) is 4.33. The average molecular weight is 373 g/mol. The molecule has 0 heterocycles. The van der Waals surface area contributed by atoms with Gasteiger partial charge in [0.1, 0.15) is 0 Å². The van der Waals surface area contributed by atoms with Gasteiger partial charge in [0.05, 0.1) is 6.10 Å². The summed E-state index contributed by atoms with van der Waals surface area (Å²) in [7, 11) is -2.72. The third-order valence-electron chi connectivity index (χ3n) is 4.50. The van der Waals surface area contributed by atoms with Crippen molar-refractivity contribution in [2.45, 2.75) is 31.9 Å². The number of amides is 1. The maximum atomic E-state index is 10.9. The predicted molar refractivity (Wildman–Crippen MR) is 108 cm³/mol. The van der Waals surface area contributed by atoms with Crippen LogP contribution in [0.5, 0.6) is 0 Å². The van der Waals surface area contributed by atoms with Gasteiger partial charge in [0.2, 0.25) is 0 Å². The lowest BCUT2D eigenvalue weighted by atomic mass is 10.2. The molecule has 0 saturated heterocycles. The second kappa shape index (κ2) is 8.49. The van der Waals surface area contributed by atoms with Crippen LogP contribution < -0.4 is 21.4 Å². The monoisotopic (exact) mass is 372 g/mol. The highest BCUT2D eigenvalue weighted by molar-refractivity contribution is 6.99. The van der Waals surface area contributed by atoms with Gasteiger partial charge >= 0.3 is 6.09 Å². The lowest BCUT2D eigenvalue weighted by molar-refractivity contribution is 0.169. The van der Waals surface area contributed by atoms with E-state index in [9.17, 15) is 4.79 Å². The summed E-state index contributed by atoms with van der Waals surface area (Å²) in [5, 5.41) is 13.5. The van der Waals surface area contributed by atoms with Crippen LogP contribution in [-0.2, 0) is 4.43 Å². The van der Waals surface area contributed by atoms with E-state index in [2.05, 4.69) is 50.4 Å². The van der Waals surface area contributed by atoms with Crippen molar-refractivity contribution >= 4 is 24.8 Å². The molecule has 0 spiro atoms. The van der Waals surface area contributed by atoms with Crippen LogP contribution in [0.4, 0.5) is 4.79 Å². The van der Waals surface area contributed by atoms with E-state index in [1.165, 1.54) is 0 Å². The van der Waals surface area contributed by atoms with Gasteiger partial charge in [-0.15, -0.1) is 0 Å². The van der Waals surface area contributed by atoms with Crippen molar-refractivity contribution in [3.8, 4) is 0 Å². The zero-order valence-electron chi connectivity index (χ0n) is 15.6. The molecule has 0 bridgehead atoms. The van der Waals surface area contributed by atoms with E-state index >= 15 is 0 Å². The minimum Gasteiger partial charge on any atom is -0.465 e. The van der Waals surface area contributed by atoms with Crippen LogP contribution in [0.1, 0.15) is 20.8 Å². The lowest BCUT2D eigenvalue weighted by Gasteiger charge is -2.45. The fourth-order valence-corrected chi connectivity index (χ4v) is 8.01. The Morgan fingerprint density at radius 1 is 1.08 bits per heavy atom. The van der Waals surface area contributed by atoms with Gasteiger partial charge in [-0.25, -0.2) is 4.79 Å². The highest BCUT2D eigenvalue weighted by atomic mass is 28.4. The van der Waals surface area contributed by atoms with E-state index in [1.807, 2.05) is 36.4 Å². The molecule has 0 fully saturated rings. The molecular weight excluding hydrogens is 344 g/mol. The molecule has 2 rings (SSSR count). The topological polar surface area (TPSA) is 84.6 Å². The average Bonchev–Trinajstić information content (AvgIpc) is 2.62. The minimum atomic E-state index is -2.72. The number of nitrogens with one attached hydrogen (secondary N) is 1. The molecule has 0 aliphatic carbocycles. The summed E-state index contributed by atoms with van der Waals surface area (Å²) in [6.07, 6.45) is -1.48. The van der Waals surface area contributed by atoms with E-state index in [0.29, 0.717) is 0 Å². The van der Waals surface area contributed by atoms with Gasteiger partial charge in [-0.3, -0.25) is 0 Å². The summed E-state index contributed by atoms with van der Waals surface area (Å²) in [4.78, 5) is 10.9. The van der Waals surface area contributed by atoms with Crippen LogP contribution in [0.25, 0.3) is 0 Å². The van der Waals surface area contributed by atoms with Crippen molar-refractivity contribution in [2.24, 2.45) is 5.73 Å². The molecule has 1 atom stereocenters. The first-order valence-corrected chi connectivity index (χ1v) is 10.7. The highest BCUT2D eigenvalue weighted by Gasteiger charge is 2.51. The smallest absolute Gasteiger partial charge is 0.404 e. The molecular formula is C20H28N2O3Si. The molecule has 2 aromatic carbocycles. The second-order valence-electron chi connectivity index (χ2n) is 7.32. The van der Waals surface area contributed by atoms with Gasteiger partial charge < -0.3 is 20.6 Å². The van der Waals surface area contributed by atoms with Crippen molar-refractivity contribution in [3.05, 3.63) is 60.7 Å². The molecule has 1 amide bonds. The quantitative estimate of drug-likeness (QED) is 0.650. The van der Waals surface area contributed by atoms with E-state index in [4.69, 9.17) is 15.3 Å². The van der Waals surface area contributed by atoms with Crippen molar-refractivity contribution in [1.82, 2.24) is 5.32 Å². The van der Waals surface area contributed by atoms with Crippen LogP contribution in [0.15, 0.2) is 60.7 Å². The van der Waals surface area contributed by atoms with Gasteiger partial charge in [-0.05, 0) is 15.4 Å². The van der Waals surface area contributed by atoms with Crippen LogP contribution in [0.3, 0.4) is 0 Å². The predicted octanol–water partition coefficient (Wildman–Crippen LogP) is 2.16. The molecule has 0 radical (unpaired) electrons. The van der Waals surface area contributed by atoms with Gasteiger partial charge in [-0.2, -0.15) is 0 Å².